The second-order valence-corrected chi connectivity index (χ2v) is 54.5. The fourth-order valence-electron chi connectivity index (χ4n) is 15.8. The Balaban J connectivity index is 0.000000322. The van der Waals surface area contributed by atoms with Crippen LogP contribution in [0.3, 0.4) is 0 Å². The van der Waals surface area contributed by atoms with E-state index < -0.39 is 38.6 Å². The van der Waals surface area contributed by atoms with E-state index in [-0.39, 0.29) is 76.5 Å². The van der Waals surface area contributed by atoms with E-state index in [4.69, 9.17) is 58.9 Å². The van der Waals surface area contributed by atoms with E-state index in [0.717, 1.165) is 117 Å². The van der Waals surface area contributed by atoms with Crippen LogP contribution in [-0.2, 0) is 74.5 Å². The molecule has 0 saturated carbocycles. The number of aromatic hydroxyl groups is 2. The minimum atomic E-state index is -2.14. The van der Waals surface area contributed by atoms with Gasteiger partial charge in [-0.15, -0.1) is 0 Å². The maximum Gasteiger partial charge on any atom is 0.517 e. The smallest absolute Gasteiger partial charge is 0.507 e. The van der Waals surface area contributed by atoms with E-state index >= 15 is 0 Å². The van der Waals surface area contributed by atoms with Crippen LogP contribution < -0.4 is 18.5 Å². The molecule has 1 aromatic heterocycles. The summed E-state index contributed by atoms with van der Waals surface area (Å²) in [5.41, 5.74) is 18.1. The third-order valence-corrected chi connectivity index (χ3v) is 25.3. The van der Waals surface area contributed by atoms with Gasteiger partial charge in [0.05, 0.1) is 0 Å². The van der Waals surface area contributed by atoms with Gasteiger partial charge in [0.15, 0.2) is 0 Å². The van der Waals surface area contributed by atoms with Crippen LogP contribution in [0, 0.1) is 34.6 Å². The van der Waals surface area contributed by atoms with E-state index in [1.54, 1.807) is 13.8 Å². The molecular formula is C116H170Cl2NO12P2+. The molecule has 0 amide bonds. The van der Waals surface area contributed by atoms with Crippen molar-refractivity contribution in [3.63, 3.8) is 0 Å². The number of phenols is 2. The minimum Gasteiger partial charge on any atom is -0.507 e. The molecular weight excluding hydrogens is 1730 g/mol. The number of nitrogens with zero attached hydrogens (tertiary/aromatic N) is 1. The molecule has 0 atom stereocenters. The third-order valence-electron chi connectivity index (χ3n) is 23.5. The van der Waals surface area contributed by atoms with Crippen molar-refractivity contribution >= 4 is 71.8 Å². The predicted octanol–water partition coefficient (Wildman–Crippen LogP) is 36.6. The van der Waals surface area contributed by atoms with Gasteiger partial charge >= 0.3 is 20.6 Å². The summed E-state index contributed by atoms with van der Waals surface area (Å²) in [4.78, 5) is 28.8. The van der Waals surface area contributed by atoms with E-state index in [1.165, 1.54) is 30.8 Å². The number of halogens is 2. The average molecular weight is 1900 g/mol. The molecule has 0 saturated heterocycles. The Labute approximate surface area is 816 Å². The van der Waals surface area contributed by atoms with Crippen molar-refractivity contribution in [2.45, 2.75) is 409 Å². The fraction of sp³-hybridized carbons (Fsp3) is 0.560. The Hall–Kier alpha value is -7.76. The normalized spacial score (nSPS) is 13.1. The summed E-state index contributed by atoms with van der Waals surface area (Å²) in [6.07, 6.45) is -1.58. The lowest BCUT2D eigenvalue weighted by atomic mass is 9.75. The summed E-state index contributed by atoms with van der Waals surface area (Å²) in [5.74, 6) is 2.57. The molecule has 0 radical (unpaired) electrons. The van der Waals surface area contributed by atoms with Gasteiger partial charge in [-0.1, -0.05) is 319 Å². The van der Waals surface area contributed by atoms with Crippen molar-refractivity contribution in [3.8, 4) is 67.9 Å². The van der Waals surface area contributed by atoms with Gasteiger partial charge in [-0.2, -0.15) is 0 Å². The SMILES string of the molecule is CC(C)(C)c1cc(-c2cc(C(C)(C)C)cc(C(C)(C)C)c2O)c(O)c(C(C)(C)C)c1.CCN(CC)CC.Cc1cc(-c2cc(C)cc(C(C)(C)C)c2Op2oc3c(C(C)(C)C)cc(C(C)(C)C)cc3c3cc(C(C)(C)C)cc(C(C)(C)C)c3o2)c(OC(=O)OC(C)(C)C)c(C(C)(C)C)c1.[CH2+]C(C)(C)OC(=O)Oc1c(-c2cc(C)cc(C(C)(C)C)c2OP(Cl)Cl)cc(C)cc1C(C)(C)C. The Morgan fingerprint density at radius 3 is 0.827 bits per heavy atom. The van der Waals surface area contributed by atoms with Crippen LogP contribution in [0.15, 0.2) is 105 Å². The van der Waals surface area contributed by atoms with Crippen molar-refractivity contribution in [1.82, 2.24) is 4.90 Å². The maximum absolute atomic E-state index is 13.6. The van der Waals surface area contributed by atoms with Gasteiger partial charge in [-0.25, -0.2) is 9.59 Å². The zero-order valence-corrected chi connectivity index (χ0v) is 94.4. The van der Waals surface area contributed by atoms with Crippen LogP contribution in [0.5, 0.6) is 34.5 Å². The molecule has 0 unspecified atom stereocenters. The summed E-state index contributed by atoms with van der Waals surface area (Å²) >= 11 is 12.3. The van der Waals surface area contributed by atoms with Gasteiger partial charge in [-0.05, 0) is 249 Å². The highest BCUT2D eigenvalue weighted by Gasteiger charge is 2.39. The minimum absolute atomic E-state index is 0.0768. The summed E-state index contributed by atoms with van der Waals surface area (Å²) in [6, 6.07) is 34.2. The van der Waals surface area contributed by atoms with E-state index in [0.29, 0.717) is 39.7 Å². The number of hydrogen-bond acceptors (Lipinski definition) is 13. The van der Waals surface area contributed by atoms with Crippen LogP contribution in [0.4, 0.5) is 9.59 Å². The van der Waals surface area contributed by atoms with Crippen LogP contribution in [0.25, 0.3) is 55.3 Å². The fourth-order valence-corrected chi connectivity index (χ4v) is 17.7. The standard InChI is InChI=1S/C55H77O6P.C28H42O2.C27H36Cl2O4P.C6H15N/c1-32-24-36(44(40(26-32)51(9,10)11)57-48(56)58-55(21,22)23)37-25-33(2)27-41(52(12,13)14)45(37)59-62-60-46-38(28-34(49(3,4)5)30-42(46)53(15,16)17)39-29-35(50(6,7)8)31-43(47(39)61-62)54(18,19)20;1-25(2,3)17-13-19(23(29)21(15-17)27(7,8)9)20-14-18(26(4,5)6)16-22(24(20)30)28(10,11)12;1-16-12-18(19-13-17(2)15-21(26(6,7)8)23(19)33-34(28)29)22(20(14-16)25(3,4)5)31-24(30)32-27(9,10)11;1-4-7(5-2)6-3/h24-31H,1-23H3;13-16,29-30H,1-12H3;12-15H,9H2,1-8,10-11H3;4-6H2,1-3H3/q;;+1;. The molecule has 2 N–H and O–H groups in total. The number of benzene rings is 8. The number of rotatable bonds is 13. The highest BCUT2D eigenvalue weighted by atomic mass is 35.9. The molecule has 0 spiro atoms. The number of carbonyl (C=O) groups is 2. The summed E-state index contributed by atoms with van der Waals surface area (Å²) in [6.45, 7) is 108. The van der Waals surface area contributed by atoms with Gasteiger partial charge in [0.2, 0.25) is 5.60 Å². The zero-order valence-electron chi connectivity index (χ0n) is 91.1. The molecule has 0 aliphatic heterocycles. The first-order chi connectivity index (χ1) is 59.7. The summed E-state index contributed by atoms with van der Waals surface area (Å²) in [5, 5.41) is 24.7. The Morgan fingerprint density at radius 1 is 0.331 bits per heavy atom. The number of fused-ring (bicyclic) bond motifs is 3. The molecule has 9 aromatic rings. The molecule has 8 aromatic carbocycles. The number of carbonyl (C=O) groups excluding carboxylic acids is 2. The van der Waals surface area contributed by atoms with Gasteiger partial charge in [-0.3, -0.25) is 0 Å². The Bertz CT molecular complexity index is 5520. The Kier molecular flexibility index (Phi) is 35.2. The molecule has 17 heteroatoms. The molecule has 1 heterocycles. The average Bonchev–Trinajstić information content (AvgIpc) is 1.59. The van der Waals surface area contributed by atoms with Gasteiger partial charge < -0.3 is 51.5 Å². The summed E-state index contributed by atoms with van der Waals surface area (Å²) in [7, 11) is -2.14. The van der Waals surface area contributed by atoms with Gasteiger partial charge in [0.1, 0.15) is 58.2 Å². The third kappa shape index (κ3) is 30.1. The molecule has 13 nitrogen and oxygen atoms in total. The predicted molar refractivity (Wildman–Crippen MR) is 571 cm³/mol. The van der Waals surface area contributed by atoms with Crippen LogP contribution in [0.2, 0.25) is 0 Å². The summed E-state index contributed by atoms with van der Waals surface area (Å²) < 4.78 is 51.5. The van der Waals surface area contributed by atoms with Crippen LogP contribution in [0.1, 0.15) is 394 Å². The van der Waals surface area contributed by atoms with Crippen molar-refractivity contribution in [2.75, 3.05) is 19.6 Å². The van der Waals surface area contributed by atoms with Crippen LogP contribution >= 0.6 is 37.6 Å². The number of ether oxygens (including phenoxy) is 4. The topological polar surface area (TPSA) is 160 Å². The first-order valence-electron chi connectivity index (χ1n) is 47.5. The van der Waals surface area contributed by atoms with E-state index in [1.807, 2.05) is 52.8 Å². The first kappa shape index (κ1) is 114. The van der Waals surface area contributed by atoms with E-state index in [2.05, 4.69) is 375 Å². The second kappa shape index (κ2) is 41.1. The lowest BCUT2D eigenvalue weighted by Gasteiger charge is -2.30. The monoisotopic (exact) mass is 1900 g/mol. The first-order valence-corrected chi connectivity index (χ1v) is 51.7. The highest BCUT2D eigenvalue weighted by Crippen LogP contribution is 2.58. The van der Waals surface area contributed by atoms with Crippen molar-refractivity contribution in [2.24, 2.45) is 0 Å². The van der Waals surface area contributed by atoms with Crippen LogP contribution in [-0.4, -0.2) is 58.3 Å². The number of phenolic OH excluding ortho intramolecular Hbond substituents is 2. The molecule has 133 heavy (non-hydrogen) atoms. The number of aryl methyl sites for hydroxylation is 4. The Morgan fingerprint density at radius 2 is 0.579 bits per heavy atom. The molecule has 0 aliphatic carbocycles. The molecule has 0 fully saturated rings. The van der Waals surface area contributed by atoms with Gasteiger partial charge in [0, 0.05) is 103 Å². The lowest BCUT2D eigenvalue weighted by Crippen LogP contribution is -2.27. The quantitative estimate of drug-likeness (QED) is 0.0486. The second-order valence-electron chi connectivity index (χ2n) is 50.6. The molecule has 0 bridgehead atoms. The highest BCUT2D eigenvalue weighted by molar-refractivity contribution is 8.00. The van der Waals surface area contributed by atoms with Crippen molar-refractivity contribution < 1.29 is 56.2 Å². The zero-order chi connectivity index (χ0) is 102. The largest absolute Gasteiger partial charge is 0.517 e. The molecule has 0 aliphatic rings. The number of hydrogen-bond donors (Lipinski definition) is 2. The van der Waals surface area contributed by atoms with E-state index in [9.17, 15) is 19.8 Å². The lowest BCUT2D eigenvalue weighted by molar-refractivity contribution is 0.0202. The van der Waals surface area contributed by atoms with Gasteiger partial charge in [0.25, 0.3) is 6.85 Å². The maximum atomic E-state index is 13.6. The van der Waals surface area contributed by atoms with Crippen molar-refractivity contribution in [1.29, 1.82) is 0 Å². The van der Waals surface area contributed by atoms with Crippen molar-refractivity contribution in [3.05, 3.63) is 193 Å². The molecule has 734 valence electrons. The molecule has 9 rings (SSSR count).